The summed E-state index contributed by atoms with van der Waals surface area (Å²) < 4.78 is 25.3. The first-order valence-electron chi connectivity index (χ1n) is 7.68. The molecule has 8 nitrogen and oxygen atoms in total. The Bertz CT molecular complexity index is 585. The molecule has 1 aliphatic rings. The fraction of sp³-hybridized carbons (Fsp3) is 0.769. The minimum absolute atomic E-state index is 0.0481. The van der Waals surface area contributed by atoms with Gasteiger partial charge in [-0.3, -0.25) is 9.89 Å². The molecular weight excluding hydrogens is 338 g/mol. The van der Waals surface area contributed by atoms with Crippen LogP contribution in [-0.2, 0) is 14.8 Å². The highest BCUT2D eigenvalue weighted by Crippen LogP contribution is 2.24. The molecule has 1 aromatic heterocycles. The summed E-state index contributed by atoms with van der Waals surface area (Å²) in [6, 6.07) is -0.0481. The summed E-state index contributed by atoms with van der Waals surface area (Å²) in [4.78, 5) is 16.0. The van der Waals surface area contributed by atoms with Gasteiger partial charge in [-0.25, -0.2) is 13.4 Å². The van der Waals surface area contributed by atoms with Crippen molar-refractivity contribution >= 4 is 27.7 Å². The van der Waals surface area contributed by atoms with Gasteiger partial charge in [-0.1, -0.05) is 31.0 Å². The Hall–Kier alpha value is -1.13. The number of carbonyl (C=O) groups is 1. The van der Waals surface area contributed by atoms with Crippen LogP contribution in [0.3, 0.4) is 0 Å². The molecule has 1 aromatic rings. The second kappa shape index (κ2) is 8.65. The van der Waals surface area contributed by atoms with Crippen LogP contribution in [0.25, 0.3) is 0 Å². The lowest BCUT2D eigenvalue weighted by Gasteiger charge is -2.31. The number of sulfonamides is 1. The van der Waals surface area contributed by atoms with Gasteiger partial charge in [0.25, 0.3) is 0 Å². The highest BCUT2D eigenvalue weighted by Gasteiger charge is 2.29. The molecule has 10 heteroatoms. The molecule has 1 amide bonds. The number of nitrogens with one attached hydrogen (secondary N) is 2. The Kier molecular flexibility index (Phi) is 6.85. The quantitative estimate of drug-likeness (QED) is 0.519. The third-order valence-corrected chi connectivity index (χ3v) is 5.92. The topological polar surface area (TPSA) is 108 Å². The number of thioether (sulfide) groups is 1. The van der Waals surface area contributed by atoms with Crippen molar-refractivity contribution in [2.24, 2.45) is 0 Å². The summed E-state index contributed by atoms with van der Waals surface area (Å²) in [5.41, 5.74) is 0. The van der Waals surface area contributed by atoms with E-state index in [2.05, 4.69) is 20.5 Å². The largest absolute Gasteiger partial charge is 0.354 e. The van der Waals surface area contributed by atoms with Crippen molar-refractivity contribution in [2.45, 2.75) is 43.3 Å². The summed E-state index contributed by atoms with van der Waals surface area (Å²) in [5.74, 6) is 0.377. The van der Waals surface area contributed by atoms with Crippen LogP contribution in [0.15, 0.2) is 11.5 Å². The Morgan fingerprint density at radius 1 is 1.43 bits per heavy atom. The summed E-state index contributed by atoms with van der Waals surface area (Å²) in [6.45, 7) is 0.350. The van der Waals surface area contributed by atoms with Crippen molar-refractivity contribution in [3.8, 4) is 0 Å². The van der Waals surface area contributed by atoms with Crippen LogP contribution in [0.2, 0.25) is 0 Å². The van der Waals surface area contributed by atoms with E-state index >= 15 is 0 Å². The number of amides is 1. The molecule has 2 N–H and O–H groups in total. The van der Waals surface area contributed by atoms with E-state index in [4.69, 9.17) is 0 Å². The molecule has 23 heavy (non-hydrogen) atoms. The van der Waals surface area contributed by atoms with E-state index in [-0.39, 0.29) is 18.5 Å². The molecule has 0 radical (unpaired) electrons. The van der Waals surface area contributed by atoms with Crippen molar-refractivity contribution in [3.63, 3.8) is 0 Å². The van der Waals surface area contributed by atoms with Crippen molar-refractivity contribution in [3.05, 3.63) is 6.33 Å². The van der Waals surface area contributed by atoms with Crippen LogP contribution in [0.5, 0.6) is 0 Å². The molecule has 0 atom stereocenters. The molecule has 1 saturated carbocycles. The highest BCUT2D eigenvalue weighted by atomic mass is 32.2. The summed E-state index contributed by atoms with van der Waals surface area (Å²) >= 11 is 1.45. The lowest BCUT2D eigenvalue weighted by molar-refractivity contribution is -0.121. The normalized spacial score (nSPS) is 16.6. The molecule has 0 aromatic carbocycles. The van der Waals surface area contributed by atoms with E-state index in [9.17, 15) is 13.2 Å². The zero-order chi connectivity index (χ0) is 16.7. The molecule has 0 spiro atoms. The number of aromatic nitrogens is 3. The zero-order valence-corrected chi connectivity index (χ0v) is 14.8. The van der Waals surface area contributed by atoms with E-state index in [0.29, 0.717) is 17.5 Å². The third kappa shape index (κ3) is 6.11. The number of nitrogens with zero attached hydrogens (tertiary/aromatic N) is 3. The van der Waals surface area contributed by atoms with Gasteiger partial charge >= 0.3 is 0 Å². The second-order valence-electron chi connectivity index (χ2n) is 5.59. The maximum absolute atomic E-state index is 12.0. The van der Waals surface area contributed by atoms with E-state index in [1.807, 2.05) is 0 Å². The number of rotatable bonds is 8. The molecule has 130 valence electrons. The van der Waals surface area contributed by atoms with Crippen LogP contribution in [0.4, 0.5) is 0 Å². The number of H-pyrrole nitrogens is 1. The first-order chi connectivity index (χ1) is 11.0. The average Bonchev–Trinajstić information content (AvgIpc) is 3.02. The van der Waals surface area contributed by atoms with Crippen molar-refractivity contribution in [1.82, 2.24) is 24.8 Å². The molecular formula is C13H23N5O3S2. The van der Waals surface area contributed by atoms with Crippen LogP contribution in [0.1, 0.15) is 32.1 Å². The van der Waals surface area contributed by atoms with Gasteiger partial charge in [0, 0.05) is 18.3 Å². The van der Waals surface area contributed by atoms with Crippen LogP contribution in [0, 0.1) is 0 Å². The predicted octanol–water partition coefficient (Wildman–Crippen LogP) is 0.607. The Morgan fingerprint density at radius 2 is 2.17 bits per heavy atom. The van der Waals surface area contributed by atoms with Gasteiger partial charge in [0.05, 0.1) is 12.8 Å². The summed E-state index contributed by atoms with van der Waals surface area (Å²) in [7, 11) is -3.38. The van der Waals surface area contributed by atoms with Gasteiger partial charge < -0.3 is 5.32 Å². The molecule has 1 aliphatic carbocycles. The molecule has 1 fully saturated rings. The van der Waals surface area contributed by atoms with Gasteiger partial charge in [0.1, 0.15) is 6.33 Å². The fourth-order valence-corrected chi connectivity index (χ4v) is 4.43. The number of hydrogen-bond acceptors (Lipinski definition) is 6. The van der Waals surface area contributed by atoms with Gasteiger partial charge in [0.2, 0.25) is 15.9 Å². The van der Waals surface area contributed by atoms with E-state index in [0.717, 1.165) is 32.1 Å². The lowest BCUT2D eigenvalue weighted by atomic mass is 9.95. The molecule has 0 unspecified atom stereocenters. The SMILES string of the molecule is CS(=O)(=O)N(CC(=O)NCCSc1ncn[nH]1)C1CCCCC1. The van der Waals surface area contributed by atoms with Crippen molar-refractivity contribution < 1.29 is 13.2 Å². The summed E-state index contributed by atoms with van der Waals surface area (Å²) in [5, 5.41) is 9.91. The van der Waals surface area contributed by atoms with Crippen molar-refractivity contribution in [1.29, 1.82) is 0 Å². The molecule has 1 heterocycles. The lowest BCUT2D eigenvalue weighted by Crippen LogP contribution is -2.46. The van der Waals surface area contributed by atoms with E-state index in [1.54, 1.807) is 0 Å². The summed E-state index contributed by atoms with van der Waals surface area (Å²) in [6.07, 6.45) is 7.45. The maximum atomic E-state index is 12.0. The van der Waals surface area contributed by atoms with Crippen LogP contribution >= 0.6 is 11.8 Å². The van der Waals surface area contributed by atoms with Gasteiger partial charge in [-0.15, -0.1) is 0 Å². The van der Waals surface area contributed by atoms with Gasteiger partial charge in [-0.05, 0) is 12.8 Å². The number of aromatic amines is 1. The molecule has 0 aliphatic heterocycles. The van der Waals surface area contributed by atoms with E-state index in [1.165, 1.54) is 28.7 Å². The Morgan fingerprint density at radius 3 is 2.78 bits per heavy atom. The molecule has 2 rings (SSSR count). The average molecular weight is 361 g/mol. The standard InChI is InChI=1S/C13H23N5O3S2/c1-23(20,21)18(11-5-3-2-4-6-11)9-12(19)14-7-8-22-13-15-10-16-17-13/h10-11H,2-9H2,1H3,(H,14,19)(H,15,16,17). The minimum atomic E-state index is -3.38. The fourth-order valence-electron chi connectivity index (χ4n) is 2.69. The molecule has 0 bridgehead atoms. The molecule has 0 saturated heterocycles. The Balaban J connectivity index is 1.78. The Labute approximate surface area is 140 Å². The number of carbonyl (C=O) groups excluding carboxylic acids is 1. The third-order valence-electron chi connectivity index (χ3n) is 3.76. The van der Waals surface area contributed by atoms with Crippen LogP contribution < -0.4 is 5.32 Å². The second-order valence-corrected chi connectivity index (χ2v) is 8.61. The predicted molar refractivity (Wildman–Crippen MR) is 88.5 cm³/mol. The van der Waals surface area contributed by atoms with Gasteiger partial charge in [0.15, 0.2) is 5.16 Å². The zero-order valence-electron chi connectivity index (χ0n) is 13.2. The highest BCUT2D eigenvalue weighted by molar-refractivity contribution is 7.99. The first-order valence-corrected chi connectivity index (χ1v) is 10.5. The maximum Gasteiger partial charge on any atom is 0.235 e. The van der Waals surface area contributed by atoms with Gasteiger partial charge in [-0.2, -0.15) is 9.40 Å². The minimum Gasteiger partial charge on any atom is -0.354 e. The monoisotopic (exact) mass is 361 g/mol. The van der Waals surface area contributed by atoms with Crippen molar-refractivity contribution in [2.75, 3.05) is 25.1 Å². The van der Waals surface area contributed by atoms with E-state index < -0.39 is 10.0 Å². The van der Waals surface area contributed by atoms with Crippen LogP contribution in [-0.4, -0.2) is 65.0 Å². The number of hydrogen-bond donors (Lipinski definition) is 2. The first kappa shape index (κ1) is 18.2. The smallest absolute Gasteiger partial charge is 0.235 e.